The van der Waals surface area contributed by atoms with Crippen LogP contribution in [0, 0.1) is 17.8 Å². The molecule has 2 bridgehead atoms. The smallest absolute Gasteiger partial charge is 0.311 e. The maximum absolute atomic E-state index is 13.3. The van der Waals surface area contributed by atoms with E-state index in [9.17, 15) is 25.2 Å². The van der Waals surface area contributed by atoms with Crippen LogP contribution in [-0.2, 0) is 23.7 Å². The SMILES string of the molecule is CC[C@@H](O)[C@@](C)(O)[C@@H]1OC(=O)[C@H](C)[C@@H](O)[C@H](C)[C@@H](O[C@@H]2OC(C)CC(NC)C2O)[C@@]2(C)CC(C)=C(O2)[C@@H]1C. The van der Waals surface area contributed by atoms with E-state index in [1.54, 1.807) is 34.7 Å². The maximum atomic E-state index is 13.3. The molecule has 3 unspecified atom stereocenters. The lowest BCUT2D eigenvalue weighted by Crippen LogP contribution is -2.58. The number of fused-ring (bicyclic) bond motifs is 2. The van der Waals surface area contributed by atoms with Crippen LogP contribution in [0.5, 0.6) is 0 Å². The third-order valence-corrected chi connectivity index (χ3v) is 8.93. The Kier molecular flexibility index (Phi) is 9.61. The number of hydrogen-bond donors (Lipinski definition) is 5. The van der Waals surface area contributed by atoms with E-state index < -0.39 is 71.7 Å². The Labute approximate surface area is 226 Å². The molecule has 0 saturated carbocycles. The van der Waals surface area contributed by atoms with Gasteiger partial charge in [0.05, 0.1) is 30.1 Å². The van der Waals surface area contributed by atoms with Crippen LogP contribution in [0.3, 0.4) is 0 Å². The normalized spacial score (nSPS) is 45.0. The van der Waals surface area contributed by atoms with E-state index in [0.717, 1.165) is 5.57 Å². The Morgan fingerprint density at radius 1 is 1.18 bits per heavy atom. The predicted octanol–water partition coefficient (Wildman–Crippen LogP) is 1.62. The molecule has 0 spiro atoms. The number of cyclic esters (lactones) is 1. The summed E-state index contributed by atoms with van der Waals surface area (Å²) in [4.78, 5) is 13.3. The molecular weight excluding hydrogens is 494 g/mol. The molecule has 0 aromatic rings. The second kappa shape index (κ2) is 11.7. The van der Waals surface area contributed by atoms with Crippen molar-refractivity contribution < 1.29 is 44.2 Å². The van der Waals surface area contributed by atoms with Crippen LogP contribution >= 0.6 is 0 Å². The van der Waals surface area contributed by atoms with Crippen molar-refractivity contribution in [3.63, 3.8) is 0 Å². The molecule has 13 atom stereocenters. The van der Waals surface area contributed by atoms with Crippen molar-refractivity contribution in [3.8, 4) is 0 Å². The number of rotatable bonds is 6. The lowest BCUT2D eigenvalue weighted by Gasteiger charge is -2.45. The third kappa shape index (κ3) is 5.77. The number of aliphatic hydroxyl groups excluding tert-OH is 3. The van der Waals surface area contributed by atoms with Gasteiger partial charge >= 0.3 is 5.97 Å². The molecule has 38 heavy (non-hydrogen) atoms. The molecule has 0 aromatic carbocycles. The molecule has 10 heteroatoms. The van der Waals surface area contributed by atoms with E-state index in [1.807, 2.05) is 20.8 Å². The van der Waals surface area contributed by atoms with Gasteiger partial charge in [0, 0.05) is 18.4 Å². The van der Waals surface area contributed by atoms with Gasteiger partial charge in [-0.15, -0.1) is 0 Å². The van der Waals surface area contributed by atoms with Gasteiger partial charge in [-0.05, 0) is 60.1 Å². The second-order valence-corrected chi connectivity index (χ2v) is 12.2. The zero-order valence-corrected chi connectivity index (χ0v) is 24.3. The first-order valence-electron chi connectivity index (χ1n) is 13.9. The summed E-state index contributed by atoms with van der Waals surface area (Å²) in [5.74, 6) is -2.32. The first-order valence-corrected chi connectivity index (χ1v) is 13.9. The molecule has 10 nitrogen and oxygen atoms in total. The Morgan fingerprint density at radius 2 is 1.82 bits per heavy atom. The van der Waals surface area contributed by atoms with Crippen molar-refractivity contribution >= 4 is 5.97 Å². The van der Waals surface area contributed by atoms with Crippen LogP contribution in [0.4, 0.5) is 0 Å². The standard InChI is InChI=1S/C28H49NO9/c1-10-19(30)28(8,34)24-17(6)22-13(2)12-27(7,38-22)23(15(4)20(31)16(5)25(33)36-24)37-26-21(32)18(29-9)11-14(3)35-26/h14-21,23-24,26,29-32,34H,10-12H2,1-9H3/t14?,15-,16+,17-,18?,19+,20-,21?,23+,24+,26-,27+,28+/m0/s1. The summed E-state index contributed by atoms with van der Waals surface area (Å²) in [6, 6.07) is -0.235. The van der Waals surface area contributed by atoms with Gasteiger partial charge in [-0.1, -0.05) is 20.8 Å². The summed E-state index contributed by atoms with van der Waals surface area (Å²) in [5.41, 5.74) is -1.85. The fourth-order valence-corrected chi connectivity index (χ4v) is 6.52. The van der Waals surface area contributed by atoms with Gasteiger partial charge in [-0.3, -0.25) is 4.79 Å². The summed E-state index contributed by atoms with van der Waals surface area (Å²) in [6.45, 7) is 14.1. The Balaban J connectivity index is 2.05. The zero-order valence-electron chi connectivity index (χ0n) is 24.3. The fourth-order valence-electron chi connectivity index (χ4n) is 6.52. The summed E-state index contributed by atoms with van der Waals surface area (Å²) in [5, 5.41) is 47.5. The zero-order chi connectivity index (χ0) is 28.7. The highest BCUT2D eigenvalue weighted by Crippen LogP contribution is 2.47. The fraction of sp³-hybridized carbons (Fsp3) is 0.893. The van der Waals surface area contributed by atoms with Crippen LogP contribution in [-0.4, -0.2) is 93.6 Å². The van der Waals surface area contributed by atoms with Crippen LogP contribution < -0.4 is 5.32 Å². The van der Waals surface area contributed by atoms with Crippen molar-refractivity contribution in [2.45, 2.75) is 135 Å². The molecule has 2 fully saturated rings. The molecule has 3 rings (SSSR count). The quantitative estimate of drug-likeness (QED) is 0.313. The first kappa shape index (κ1) is 31.3. The molecular formula is C28H49NO9. The van der Waals surface area contributed by atoms with Crippen LogP contribution in [0.2, 0.25) is 0 Å². The first-order chi connectivity index (χ1) is 17.6. The van der Waals surface area contributed by atoms with Gasteiger partial charge in [-0.25, -0.2) is 0 Å². The molecule has 0 radical (unpaired) electrons. The van der Waals surface area contributed by atoms with E-state index in [0.29, 0.717) is 18.6 Å². The lowest BCUT2D eigenvalue weighted by molar-refractivity contribution is -0.292. The minimum Gasteiger partial charge on any atom is -0.488 e. The average molecular weight is 544 g/mol. The monoisotopic (exact) mass is 543 g/mol. The highest BCUT2D eigenvalue weighted by atomic mass is 16.7. The van der Waals surface area contributed by atoms with Crippen molar-refractivity contribution in [1.82, 2.24) is 5.32 Å². The molecule has 0 aliphatic carbocycles. The molecule has 2 saturated heterocycles. The summed E-state index contributed by atoms with van der Waals surface area (Å²) >= 11 is 0. The third-order valence-electron chi connectivity index (χ3n) is 8.93. The number of likely N-dealkylation sites (N-methyl/N-ethyl adjacent to an activating group) is 1. The number of esters is 1. The number of carbonyl (C=O) groups is 1. The number of ether oxygens (including phenoxy) is 4. The highest BCUT2D eigenvalue weighted by Gasteiger charge is 2.55. The Bertz CT molecular complexity index is 878. The number of carbonyl (C=O) groups excluding carboxylic acids is 1. The van der Waals surface area contributed by atoms with Gasteiger partial charge in [-0.2, -0.15) is 0 Å². The lowest BCUT2D eigenvalue weighted by atomic mass is 9.79. The van der Waals surface area contributed by atoms with Gasteiger partial charge < -0.3 is 44.7 Å². The number of hydrogen-bond acceptors (Lipinski definition) is 10. The second-order valence-electron chi connectivity index (χ2n) is 12.2. The summed E-state index contributed by atoms with van der Waals surface area (Å²) in [6.07, 6.45) is -5.00. The molecule has 3 heterocycles. The van der Waals surface area contributed by atoms with E-state index in [2.05, 4.69) is 5.32 Å². The van der Waals surface area contributed by atoms with E-state index in [1.165, 1.54) is 6.92 Å². The minimum atomic E-state index is -1.77. The predicted molar refractivity (Wildman–Crippen MR) is 140 cm³/mol. The molecule has 3 aliphatic heterocycles. The molecule has 5 N–H and O–H groups in total. The average Bonchev–Trinajstić information content (AvgIpc) is 3.18. The molecule has 3 aliphatic rings. The van der Waals surface area contributed by atoms with E-state index >= 15 is 0 Å². The molecule has 0 amide bonds. The van der Waals surface area contributed by atoms with E-state index in [-0.39, 0.29) is 18.6 Å². The van der Waals surface area contributed by atoms with Gasteiger partial charge in [0.25, 0.3) is 0 Å². The number of nitrogens with one attached hydrogen (secondary N) is 1. The minimum absolute atomic E-state index is 0.168. The van der Waals surface area contributed by atoms with Crippen LogP contribution in [0.25, 0.3) is 0 Å². The van der Waals surface area contributed by atoms with Crippen molar-refractivity contribution in [2.24, 2.45) is 17.8 Å². The van der Waals surface area contributed by atoms with Crippen molar-refractivity contribution in [1.29, 1.82) is 0 Å². The summed E-state index contributed by atoms with van der Waals surface area (Å²) < 4.78 is 25.0. The molecule has 220 valence electrons. The van der Waals surface area contributed by atoms with E-state index in [4.69, 9.17) is 18.9 Å². The van der Waals surface area contributed by atoms with Gasteiger partial charge in [0.15, 0.2) is 6.29 Å². The van der Waals surface area contributed by atoms with Gasteiger partial charge in [0.1, 0.15) is 35.3 Å². The van der Waals surface area contributed by atoms with Gasteiger partial charge in [0.2, 0.25) is 0 Å². The van der Waals surface area contributed by atoms with Crippen molar-refractivity contribution in [3.05, 3.63) is 11.3 Å². The number of aliphatic hydroxyl groups is 4. The Hall–Kier alpha value is -1.27. The molecule has 0 aromatic heterocycles. The van der Waals surface area contributed by atoms with Crippen molar-refractivity contribution in [2.75, 3.05) is 7.05 Å². The Morgan fingerprint density at radius 3 is 2.39 bits per heavy atom. The highest BCUT2D eigenvalue weighted by molar-refractivity contribution is 5.73. The maximum Gasteiger partial charge on any atom is 0.311 e. The largest absolute Gasteiger partial charge is 0.488 e. The summed E-state index contributed by atoms with van der Waals surface area (Å²) in [7, 11) is 1.78. The van der Waals surface area contributed by atoms with Crippen LogP contribution in [0.15, 0.2) is 11.3 Å². The topological polar surface area (TPSA) is 147 Å². The van der Waals surface area contributed by atoms with Crippen LogP contribution in [0.1, 0.15) is 74.7 Å².